The van der Waals surface area contributed by atoms with E-state index in [-0.39, 0.29) is 17.3 Å². The Morgan fingerprint density at radius 2 is 1.24 bits per heavy atom. The van der Waals surface area contributed by atoms with Gasteiger partial charge in [-0.15, -0.1) is 0 Å². The zero-order chi connectivity index (χ0) is 18.0. The Labute approximate surface area is 163 Å². The average molecular weight is 464 g/mol. The summed E-state index contributed by atoms with van der Waals surface area (Å²) in [6, 6.07) is 10.4. The van der Waals surface area contributed by atoms with E-state index in [1.54, 1.807) is 36.4 Å². The van der Waals surface area contributed by atoms with Gasteiger partial charge in [0.15, 0.2) is 5.78 Å². The number of benzene rings is 2. The van der Waals surface area contributed by atoms with Crippen LogP contribution in [0.25, 0.3) is 12.2 Å². The first-order chi connectivity index (χ1) is 11.9. The van der Waals surface area contributed by atoms with Gasteiger partial charge in [-0.3, -0.25) is 4.79 Å². The monoisotopic (exact) mass is 462 g/mol. The van der Waals surface area contributed by atoms with Crippen molar-refractivity contribution in [2.24, 2.45) is 0 Å². The zero-order valence-electron chi connectivity index (χ0n) is 13.3. The molecule has 3 rings (SSSR count). The molecule has 2 N–H and O–H groups in total. The molecule has 3 nitrogen and oxygen atoms in total. The number of carbonyl (C=O) groups is 1. The standard InChI is InChI=1S/C20H16Br2O3/c21-16-10-12(4-6-18(16)23)8-14-2-1-3-15(20(14)25)9-13-5-7-19(24)17(22)11-13/h4-11,23-24H,1-3H2/b14-8+,15-9+. The fourth-order valence-corrected chi connectivity index (χ4v) is 3.60. The van der Waals surface area contributed by atoms with Crippen LogP contribution in [0, 0.1) is 0 Å². The van der Waals surface area contributed by atoms with E-state index < -0.39 is 0 Å². The quantitative estimate of drug-likeness (QED) is 0.549. The Balaban J connectivity index is 1.89. The molecule has 0 bridgehead atoms. The van der Waals surface area contributed by atoms with Crippen LogP contribution >= 0.6 is 31.9 Å². The Morgan fingerprint density at radius 1 is 0.800 bits per heavy atom. The number of rotatable bonds is 2. The zero-order valence-corrected chi connectivity index (χ0v) is 16.5. The number of phenols is 2. The summed E-state index contributed by atoms with van der Waals surface area (Å²) in [6.07, 6.45) is 6.17. The largest absolute Gasteiger partial charge is 0.507 e. The molecule has 0 saturated heterocycles. The first kappa shape index (κ1) is 18.0. The van der Waals surface area contributed by atoms with Gasteiger partial charge in [0.25, 0.3) is 0 Å². The molecule has 2 aromatic rings. The van der Waals surface area contributed by atoms with Crippen LogP contribution in [-0.4, -0.2) is 16.0 Å². The van der Waals surface area contributed by atoms with Gasteiger partial charge in [0.2, 0.25) is 0 Å². The molecule has 2 aromatic carbocycles. The highest BCUT2D eigenvalue weighted by Gasteiger charge is 2.20. The second-order valence-electron chi connectivity index (χ2n) is 5.94. The SMILES string of the molecule is O=C1/C(=C/c2ccc(O)c(Br)c2)CCC/C1=C\c1ccc(O)c(Br)c1. The van der Waals surface area contributed by atoms with E-state index in [1.807, 2.05) is 12.2 Å². The summed E-state index contributed by atoms with van der Waals surface area (Å²) in [6.45, 7) is 0. The fraction of sp³-hybridized carbons (Fsp3) is 0.150. The van der Waals surface area contributed by atoms with Gasteiger partial charge in [0.1, 0.15) is 11.5 Å². The van der Waals surface area contributed by atoms with Crippen LogP contribution in [0.1, 0.15) is 30.4 Å². The molecule has 1 aliphatic carbocycles. The van der Waals surface area contributed by atoms with E-state index in [4.69, 9.17) is 0 Å². The first-order valence-electron chi connectivity index (χ1n) is 7.87. The third-order valence-electron chi connectivity index (χ3n) is 4.10. The van der Waals surface area contributed by atoms with Gasteiger partial charge in [-0.25, -0.2) is 0 Å². The molecule has 0 amide bonds. The maximum atomic E-state index is 12.8. The van der Waals surface area contributed by atoms with Gasteiger partial charge < -0.3 is 10.2 Å². The Kier molecular flexibility index (Phi) is 5.45. The normalized spacial score (nSPS) is 18.1. The smallest absolute Gasteiger partial charge is 0.185 e. The van der Waals surface area contributed by atoms with Gasteiger partial charge in [0, 0.05) is 11.1 Å². The van der Waals surface area contributed by atoms with Crippen molar-refractivity contribution in [2.75, 3.05) is 0 Å². The van der Waals surface area contributed by atoms with E-state index in [0.29, 0.717) is 8.95 Å². The van der Waals surface area contributed by atoms with Crippen molar-refractivity contribution in [2.45, 2.75) is 19.3 Å². The van der Waals surface area contributed by atoms with Crippen molar-refractivity contribution < 1.29 is 15.0 Å². The number of hydrogen-bond acceptors (Lipinski definition) is 3. The van der Waals surface area contributed by atoms with E-state index in [0.717, 1.165) is 41.5 Å². The molecule has 5 heteroatoms. The van der Waals surface area contributed by atoms with E-state index in [1.165, 1.54) is 0 Å². The average Bonchev–Trinajstić information content (AvgIpc) is 2.58. The van der Waals surface area contributed by atoms with Crippen molar-refractivity contribution in [3.05, 3.63) is 67.6 Å². The van der Waals surface area contributed by atoms with Gasteiger partial charge in [-0.05, 0) is 98.7 Å². The first-order valence-corrected chi connectivity index (χ1v) is 9.45. The number of phenolic OH excluding ortho intramolecular Hbond substituents is 2. The molecule has 1 fully saturated rings. The van der Waals surface area contributed by atoms with Crippen LogP contribution in [0.4, 0.5) is 0 Å². The number of allylic oxidation sites excluding steroid dienone is 2. The molecule has 128 valence electrons. The van der Waals surface area contributed by atoms with Crippen LogP contribution in [0.5, 0.6) is 11.5 Å². The van der Waals surface area contributed by atoms with Crippen molar-refractivity contribution in [3.8, 4) is 11.5 Å². The van der Waals surface area contributed by atoms with Crippen molar-refractivity contribution >= 4 is 49.8 Å². The summed E-state index contributed by atoms with van der Waals surface area (Å²) in [4.78, 5) is 12.8. The molecule has 25 heavy (non-hydrogen) atoms. The summed E-state index contributed by atoms with van der Waals surface area (Å²) in [5, 5.41) is 19.2. The highest BCUT2D eigenvalue weighted by Crippen LogP contribution is 2.31. The minimum Gasteiger partial charge on any atom is -0.507 e. The molecule has 0 unspecified atom stereocenters. The van der Waals surface area contributed by atoms with E-state index in [2.05, 4.69) is 31.9 Å². The second kappa shape index (κ2) is 7.58. The lowest BCUT2D eigenvalue weighted by Crippen LogP contribution is -2.12. The van der Waals surface area contributed by atoms with Gasteiger partial charge in [-0.2, -0.15) is 0 Å². The highest BCUT2D eigenvalue weighted by molar-refractivity contribution is 9.10. The molecule has 0 aliphatic heterocycles. The topological polar surface area (TPSA) is 57.5 Å². The molecule has 0 atom stereocenters. The van der Waals surface area contributed by atoms with E-state index in [9.17, 15) is 15.0 Å². The van der Waals surface area contributed by atoms with Crippen LogP contribution in [0.3, 0.4) is 0 Å². The van der Waals surface area contributed by atoms with Gasteiger partial charge >= 0.3 is 0 Å². The van der Waals surface area contributed by atoms with Crippen LogP contribution in [-0.2, 0) is 4.79 Å². The van der Waals surface area contributed by atoms with E-state index >= 15 is 0 Å². The number of aromatic hydroxyl groups is 2. The summed E-state index contributed by atoms with van der Waals surface area (Å²) in [7, 11) is 0. The van der Waals surface area contributed by atoms with Crippen LogP contribution < -0.4 is 0 Å². The van der Waals surface area contributed by atoms with Crippen LogP contribution in [0.2, 0.25) is 0 Å². The summed E-state index contributed by atoms with van der Waals surface area (Å²) in [5.41, 5.74) is 3.30. The van der Waals surface area contributed by atoms with Gasteiger partial charge in [-0.1, -0.05) is 12.1 Å². The third-order valence-corrected chi connectivity index (χ3v) is 5.37. The lowest BCUT2D eigenvalue weighted by atomic mass is 9.87. The maximum absolute atomic E-state index is 12.8. The minimum atomic E-state index is 0.0552. The van der Waals surface area contributed by atoms with Crippen molar-refractivity contribution in [1.29, 1.82) is 0 Å². The Morgan fingerprint density at radius 3 is 1.64 bits per heavy atom. The highest BCUT2D eigenvalue weighted by atomic mass is 79.9. The second-order valence-corrected chi connectivity index (χ2v) is 7.65. The molecule has 0 heterocycles. The van der Waals surface area contributed by atoms with Crippen molar-refractivity contribution in [1.82, 2.24) is 0 Å². The summed E-state index contributed by atoms with van der Waals surface area (Å²) < 4.78 is 1.21. The van der Waals surface area contributed by atoms with Crippen LogP contribution in [0.15, 0.2) is 56.5 Å². The molecule has 0 aromatic heterocycles. The predicted molar refractivity (Wildman–Crippen MR) is 106 cm³/mol. The number of hydrogen-bond donors (Lipinski definition) is 2. The summed E-state index contributed by atoms with van der Waals surface area (Å²) >= 11 is 6.59. The number of carbonyl (C=O) groups excluding carboxylic acids is 1. The molecular formula is C20H16Br2O3. The number of Topliss-reactive ketones (excluding diaryl/α,β-unsaturated/α-hetero) is 1. The Hall–Kier alpha value is -1.85. The van der Waals surface area contributed by atoms with Crippen molar-refractivity contribution in [3.63, 3.8) is 0 Å². The number of ketones is 1. The van der Waals surface area contributed by atoms with Gasteiger partial charge in [0.05, 0.1) is 8.95 Å². The lowest BCUT2D eigenvalue weighted by Gasteiger charge is -2.17. The predicted octanol–water partition coefficient (Wildman–Crippen LogP) is 5.84. The summed E-state index contributed by atoms with van der Waals surface area (Å²) in [5.74, 6) is 0.408. The molecule has 1 saturated carbocycles. The maximum Gasteiger partial charge on any atom is 0.185 e. The Bertz CT molecular complexity index is 826. The third kappa shape index (κ3) is 4.22. The molecule has 0 spiro atoms. The molecule has 1 aliphatic rings. The molecular weight excluding hydrogens is 448 g/mol. The number of halogens is 2. The molecule has 0 radical (unpaired) electrons. The fourth-order valence-electron chi connectivity index (χ4n) is 2.81. The lowest BCUT2D eigenvalue weighted by molar-refractivity contribution is -0.112. The minimum absolute atomic E-state index is 0.0552.